The number of fused-ring (bicyclic) bond motifs is 1. The molecule has 1 atom stereocenters. The van der Waals surface area contributed by atoms with Gasteiger partial charge in [0.1, 0.15) is 23.0 Å². The first kappa shape index (κ1) is 17.4. The number of hydrogen-bond acceptors (Lipinski definition) is 3. The molecule has 0 saturated heterocycles. The van der Waals surface area contributed by atoms with Gasteiger partial charge < -0.3 is 15.2 Å². The van der Waals surface area contributed by atoms with Crippen molar-refractivity contribution in [1.29, 1.82) is 0 Å². The van der Waals surface area contributed by atoms with E-state index in [1.165, 1.54) is 0 Å². The highest BCUT2D eigenvalue weighted by Crippen LogP contribution is 2.36. The molecule has 132 valence electrons. The van der Waals surface area contributed by atoms with Gasteiger partial charge in [-0.3, -0.25) is 4.79 Å². The molecule has 0 fully saturated rings. The van der Waals surface area contributed by atoms with Crippen LogP contribution in [0, 0.1) is 11.6 Å². The van der Waals surface area contributed by atoms with Gasteiger partial charge in [-0.25, -0.2) is 8.78 Å². The molecule has 2 aromatic rings. The largest absolute Gasteiger partial charge is 0.497 e. The van der Waals surface area contributed by atoms with Gasteiger partial charge in [0.15, 0.2) is 0 Å². The monoisotopic (exact) mass is 347 g/mol. The Hall–Kier alpha value is -2.47. The number of carbonyl (C=O) groups excluding carboxylic acids is 1. The number of aryl methyl sites for hydroxylation is 1. The van der Waals surface area contributed by atoms with E-state index in [0.717, 1.165) is 36.1 Å². The van der Waals surface area contributed by atoms with Crippen LogP contribution in [0.25, 0.3) is 0 Å². The molecule has 4 nitrogen and oxygen atoms in total. The summed E-state index contributed by atoms with van der Waals surface area (Å²) in [6, 6.07) is 8.19. The normalized spacial score (nSPS) is 19.2. The van der Waals surface area contributed by atoms with E-state index in [1.54, 1.807) is 19.2 Å². The number of halogens is 2. The molecule has 1 aliphatic rings. The summed E-state index contributed by atoms with van der Waals surface area (Å²) in [7, 11) is 1.58. The molecule has 25 heavy (non-hydrogen) atoms. The van der Waals surface area contributed by atoms with Gasteiger partial charge in [-0.15, -0.1) is 0 Å². The second-order valence-electron chi connectivity index (χ2n) is 6.22. The van der Waals surface area contributed by atoms with Crippen LogP contribution in [0.3, 0.4) is 0 Å². The standard InChI is InChI=1S/C19H19F2NO3/c1-25-14-5-7-16-12(9-14)3-2-8-19(16,24)11-22-18(23)15-6-4-13(20)10-17(15)21/h4-7,9-10,24H,2-3,8,11H2,1H3,(H,22,23). The smallest absolute Gasteiger partial charge is 0.254 e. The van der Waals surface area contributed by atoms with Gasteiger partial charge in [0.2, 0.25) is 0 Å². The molecule has 1 aliphatic carbocycles. The lowest BCUT2D eigenvalue weighted by Crippen LogP contribution is -2.43. The molecule has 3 rings (SSSR count). The zero-order valence-electron chi connectivity index (χ0n) is 13.8. The fourth-order valence-electron chi connectivity index (χ4n) is 3.24. The first-order valence-electron chi connectivity index (χ1n) is 8.06. The Morgan fingerprint density at radius 2 is 2.08 bits per heavy atom. The summed E-state index contributed by atoms with van der Waals surface area (Å²) in [4.78, 5) is 12.2. The highest BCUT2D eigenvalue weighted by atomic mass is 19.1. The van der Waals surface area contributed by atoms with Gasteiger partial charge >= 0.3 is 0 Å². The number of carbonyl (C=O) groups is 1. The molecule has 0 radical (unpaired) electrons. The van der Waals surface area contributed by atoms with Crippen molar-refractivity contribution in [2.75, 3.05) is 13.7 Å². The van der Waals surface area contributed by atoms with Crippen LogP contribution in [0.15, 0.2) is 36.4 Å². The Morgan fingerprint density at radius 1 is 1.28 bits per heavy atom. The first-order chi connectivity index (χ1) is 11.9. The second kappa shape index (κ2) is 6.80. The van der Waals surface area contributed by atoms with E-state index >= 15 is 0 Å². The van der Waals surface area contributed by atoms with Crippen molar-refractivity contribution < 1.29 is 23.4 Å². The van der Waals surface area contributed by atoms with Crippen LogP contribution in [0.4, 0.5) is 8.78 Å². The van der Waals surface area contributed by atoms with Gasteiger partial charge in [-0.1, -0.05) is 6.07 Å². The summed E-state index contributed by atoms with van der Waals surface area (Å²) >= 11 is 0. The summed E-state index contributed by atoms with van der Waals surface area (Å²) in [6.07, 6.45) is 2.06. The molecule has 6 heteroatoms. The summed E-state index contributed by atoms with van der Waals surface area (Å²) in [6.45, 7) is -0.0536. The zero-order valence-corrected chi connectivity index (χ0v) is 13.8. The van der Waals surface area contributed by atoms with Gasteiger partial charge in [0, 0.05) is 6.07 Å². The fourth-order valence-corrected chi connectivity index (χ4v) is 3.24. The summed E-state index contributed by atoms with van der Waals surface area (Å²) in [5.74, 6) is -1.66. The number of rotatable bonds is 4. The first-order valence-corrected chi connectivity index (χ1v) is 8.06. The quantitative estimate of drug-likeness (QED) is 0.894. The molecular formula is C19H19F2NO3. The number of ether oxygens (including phenoxy) is 1. The number of nitrogens with one attached hydrogen (secondary N) is 1. The Balaban J connectivity index is 1.78. The highest BCUT2D eigenvalue weighted by molar-refractivity contribution is 5.94. The molecule has 0 spiro atoms. The number of aliphatic hydroxyl groups is 1. The molecule has 0 aromatic heterocycles. The van der Waals surface area contributed by atoms with Crippen molar-refractivity contribution in [3.05, 3.63) is 64.7 Å². The van der Waals surface area contributed by atoms with Gasteiger partial charge in [-0.05, 0) is 54.7 Å². The zero-order chi connectivity index (χ0) is 18.0. The molecule has 0 saturated carbocycles. The molecule has 2 N–H and O–H groups in total. The van der Waals surface area contributed by atoms with E-state index in [1.807, 2.05) is 6.07 Å². The van der Waals surface area contributed by atoms with Gasteiger partial charge in [-0.2, -0.15) is 0 Å². The van der Waals surface area contributed by atoms with E-state index in [0.29, 0.717) is 18.2 Å². The Kier molecular flexibility index (Phi) is 4.72. The predicted octanol–water partition coefficient (Wildman–Crippen LogP) is 2.93. The molecule has 0 bridgehead atoms. The van der Waals surface area contributed by atoms with Crippen LogP contribution >= 0.6 is 0 Å². The van der Waals surface area contributed by atoms with Gasteiger partial charge in [0.25, 0.3) is 5.91 Å². The minimum absolute atomic E-state index is 0.0536. The maximum absolute atomic E-state index is 13.7. The molecule has 0 aliphatic heterocycles. The van der Waals surface area contributed by atoms with Crippen molar-refractivity contribution >= 4 is 5.91 Å². The van der Waals surface area contributed by atoms with Gasteiger partial charge in [0.05, 0.1) is 19.2 Å². The molecule has 2 aromatic carbocycles. The topological polar surface area (TPSA) is 58.6 Å². The van der Waals surface area contributed by atoms with Crippen LogP contribution in [-0.2, 0) is 12.0 Å². The van der Waals surface area contributed by atoms with E-state index < -0.39 is 23.1 Å². The molecular weight excluding hydrogens is 328 g/mol. The lowest BCUT2D eigenvalue weighted by atomic mass is 9.79. The number of hydrogen-bond donors (Lipinski definition) is 2. The minimum Gasteiger partial charge on any atom is -0.497 e. The molecule has 0 heterocycles. The van der Waals surface area contributed by atoms with Crippen molar-refractivity contribution in [3.8, 4) is 5.75 Å². The van der Waals surface area contributed by atoms with Crippen LogP contribution in [0.1, 0.15) is 34.3 Å². The lowest BCUT2D eigenvalue weighted by Gasteiger charge is -2.35. The third kappa shape index (κ3) is 3.49. The van der Waals surface area contributed by atoms with Crippen molar-refractivity contribution in [3.63, 3.8) is 0 Å². The average molecular weight is 347 g/mol. The maximum atomic E-state index is 13.7. The van der Waals surface area contributed by atoms with E-state index in [4.69, 9.17) is 4.74 Å². The summed E-state index contributed by atoms with van der Waals surface area (Å²) < 4.78 is 31.9. The third-order valence-electron chi connectivity index (χ3n) is 4.57. The fraction of sp³-hybridized carbons (Fsp3) is 0.316. The van der Waals surface area contributed by atoms with Crippen LogP contribution in [0.5, 0.6) is 5.75 Å². The SMILES string of the molecule is COc1ccc2c(c1)CCCC2(O)CNC(=O)c1ccc(F)cc1F. The maximum Gasteiger partial charge on any atom is 0.254 e. The Labute approximate surface area is 144 Å². The molecule has 1 unspecified atom stereocenters. The highest BCUT2D eigenvalue weighted by Gasteiger charge is 2.35. The van der Waals surface area contributed by atoms with Crippen LogP contribution < -0.4 is 10.1 Å². The Bertz CT molecular complexity index is 809. The molecule has 1 amide bonds. The van der Waals surface area contributed by atoms with Crippen LogP contribution in [0.2, 0.25) is 0 Å². The van der Waals surface area contributed by atoms with E-state index in [-0.39, 0.29) is 12.1 Å². The summed E-state index contributed by atoms with van der Waals surface area (Å²) in [5, 5.41) is 13.5. The predicted molar refractivity (Wildman–Crippen MR) is 88.5 cm³/mol. The van der Waals surface area contributed by atoms with Crippen molar-refractivity contribution in [2.45, 2.75) is 24.9 Å². The average Bonchev–Trinajstić information content (AvgIpc) is 2.59. The van der Waals surface area contributed by atoms with Crippen molar-refractivity contribution in [2.24, 2.45) is 0 Å². The number of amides is 1. The lowest BCUT2D eigenvalue weighted by molar-refractivity contribution is 0.0188. The van der Waals surface area contributed by atoms with Crippen LogP contribution in [-0.4, -0.2) is 24.7 Å². The number of benzene rings is 2. The second-order valence-corrected chi connectivity index (χ2v) is 6.22. The van der Waals surface area contributed by atoms with Crippen molar-refractivity contribution in [1.82, 2.24) is 5.32 Å². The Morgan fingerprint density at radius 3 is 2.80 bits per heavy atom. The van der Waals surface area contributed by atoms with E-state index in [2.05, 4.69) is 5.32 Å². The minimum atomic E-state index is -1.23. The number of methoxy groups -OCH3 is 1. The summed E-state index contributed by atoms with van der Waals surface area (Å²) in [5.41, 5.74) is 0.219. The van der Waals surface area contributed by atoms with E-state index in [9.17, 15) is 18.7 Å². The third-order valence-corrected chi connectivity index (χ3v) is 4.57.